The van der Waals surface area contributed by atoms with Gasteiger partial charge in [-0.2, -0.15) is 0 Å². The van der Waals surface area contributed by atoms with E-state index in [0.717, 1.165) is 0 Å². The van der Waals surface area contributed by atoms with Gasteiger partial charge in [-0.25, -0.2) is 4.79 Å². The number of carbonyl (C=O) groups excluding carboxylic acids is 3. The van der Waals surface area contributed by atoms with Crippen molar-refractivity contribution in [2.75, 3.05) is 32.8 Å². The molecule has 0 radical (unpaired) electrons. The average Bonchev–Trinajstić information content (AvgIpc) is 2.47. The third-order valence-corrected chi connectivity index (χ3v) is 3.75. The van der Waals surface area contributed by atoms with E-state index in [1.807, 2.05) is 13.8 Å². The molecule has 0 aliphatic carbocycles. The number of nitrogens with one attached hydrogen (secondary N) is 1. The van der Waals surface area contributed by atoms with Gasteiger partial charge >= 0.3 is 6.09 Å². The normalized spacial score (nSPS) is 15.4. The van der Waals surface area contributed by atoms with Crippen LogP contribution in [-0.4, -0.2) is 66.5 Å². The van der Waals surface area contributed by atoms with Gasteiger partial charge < -0.3 is 19.9 Å². The van der Waals surface area contributed by atoms with E-state index in [4.69, 9.17) is 4.74 Å². The summed E-state index contributed by atoms with van der Waals surface area (Å²) in [6.07, 6.45) is 1.11. The summed E-state index contributed by atoms with van der Waals surface area (Å²) in [5, 5.41) is 2.96. The topological polar surface area (TPSA) is 79.0 Å². The summed E-state index contributed by atoms with van der Waals surface area (Å²) < 4.78 is 4.97. The maximum atomic E-state index is 12.1. The highest BCUT2D eigenvalue weighted by Crippen LogP contribution is 2.11. The molecule has 132 valence electrons. The van der Waals surface area contributed by atoms with Crippen molar-refractivity contribution in [1.29, 1.82) is 0 Å². The van der Waals surface area contributed by atoms with Crippen molar-refractivity contribution in [2.24, 2.45) is 5.92 Å². The zero-order chi connectivity index (χ0) is 17.4. The number of carbonyl (C=O) groups is 3. The molecule has 7 nitrogen and oxygen atoms in total. The molecular weight excluding hydrogens is 298 g/mol. The van der Waals surface area contributed by atoms with E-state index >= 15 is 0 Å². The Morgan fingerprint density at radius 1 is 1.26 bits per heavy atom. The fourth-order valence-electron chi connectivity index (χ4n) is 2.61. The van der Waals surface area contributed by atoms with Crippen molar-refractivity contribution in [2.45, 2.75) is 46.6 Å². The van der Waals surface area contributed by atoms with Gasteiger partial charge in [0.05, 0.1) is 13.2 Å². The van der Waals surface area contributed by atoms with Crippen LogP contribution in [0.3, 0.4) is 0 Å². The molecule has 0 bridgehead atoms. The number of hydrogen-bond acceptors (Lipinski definition) is 4. The summed E-state index contributed by atoms with van der Waals surface area (Å²) in [6, 6.07) is 0.0426. The Labute approximate surface area is 138 Å². The number of nitrogens with zero attached hydrogens (tertiary/aromatic N) is 2. The summed E-state index contributed by atoms with van der Waals surface area (Å²) in [5.74, 6) is 0.0842. The first-order chi connectivity index (χ1) is 10.8. The van der Waals surface area contributed by atoms with E-state index in [0.29, 0.717) is 45.0 Å². The van der Waals surface area contributed by atoms with Crippen LogP contribution in [0, 0.1) is 5.92 Å². The van der Waals surface area contributed by atoms with E-state index in [9.17, 15) is 14.4 Å². The van der Waals surface area contributed by atoms with Gasteiger partial charge in [0.1, 0.15) is 0 Å². The molecule has 1 rings (SSSR count). The Bertz CT molecular complexity index is 418. The first-order valence-corrected chi connectivity index (χ1v) is 8.30. The number of likely N-dealkylation sites (tertiary alicyclic amines) is 1. The van der Waals surface area contributed by atoms with Gasteiger partial charge in [-0.3, -0.25) is 9.59 Å². The molecule has 0 saturated carbocycles. The van der Waals surface area contributed by atoms with Crippen molar-refractivity contribution < 1.29 is 19.1 Å². The van der Waals surface area contributed by atoms with Gasteiger partial charge in [0.15, 0.2) is 0 Å². The highest BCUT2D eigenvalue weighted by atomic mass is 16.6. The second-order valence-corrected chi connectivity index (χ2v) is 6.32. The highest BCUT2D eigenvalue weighted by Gasteiger charge is 2.25. The number of amides is 3. The lowest BCUT2D eigenvalue weighted by molar-refractivity contribution is -0.135. The van der Waals surface area contributed by atoms with E-state index in [2.05, 4.69) is 5.32 Å². The molecule has 0 unspecified atom stereocenters. The number of piperidine rings is 1. The molecule has 0 aromatic carbocycles. The Morgan fingerprint density at radius 2 is 1.87 bits per heavy atom. The molecular formula is C16H29N3O4. The summed E-state index contributed by atoms with van der Waals surface area (Å²) in [4.78, 5) is 38.5. The van der Waals surface area contributed by atoms with Gasteiger partial charge in [-0.1, -0.05) is 13.8 Å². The van der Waals surface area contributed by atoms with Gasteiger partial charge in [-0.15, -0.1) is 0 Å². The Morgan fingerprint density at radius 3 is 2.35 bits per heavy atom. The lowest BCUT2D eigenvalue weighted by Crippen LogP contribution is -2.49. The third-order valence-electron chi connectivity index (χ3n) is 3.75. The van der Waals surface area contributed by atoms with Crippen LogP contribution in [0.2, 0.25) is 0 Å². The monoisotopic (exact) mass is 327 g/mol. The van der Waals surface area contributed by atoms with E-state index in [-0.39, 0.29) is 30.5 Å². The molecule has 1 aliphatic heterocycles. The largest absolute Gasteiger partial charge is 0.450 e. The molecule has 7 heteroatoms. The minimum absolute atomic E-state index is 0.0426. The van der Waals surface area contributed by atoms with Crippen molar-refractivity contribution in [3.05, 3.63) is 0 Å². The summed E-state index contributed by atoms with van der Waals surface area (Å²) >= 11 is 0. The Balaban J connectivity index is 2.38. The number of hydrogen-bond donors (Lipinski definition) is 1. The molecule has 3 amide bonds. The predicted molar refractivity (Wildman–Crippen MR) is 86.9 cm³/mol. The smallest absolute Gasteiger partial charge is 0.409 e. The lowest BCUT2D eigenvalue weighted by Gasteiger charge is -2.32. The second-order valence-electron chi connectivity index (χ2n) is 6.32. The first kappa shape index (κ1) is 19.3. The minimum Gasteiger partial charge on any atom is -0.450 e. The molecule has 0 atom stereocenters. The number of rotatable bonds is 6. The summed E-state index contributed by atoms with van der Waals surface area (Å²) in [6.45, 7) is 9.47. The molecule has 1 aliphatic rings. The maximum Gasteiger partial charge on any atom is 0.409 e. The van der Waals surface area contributed by atoms with Gasteiger partial charge in [-0.05, 0) is 25.7 Å². The maximum absolute atomic E-state index is 12.1. The van der Waals surface area contributed by atoms with Crippen LogP contribution >= 0.6 is 0 Å². The van der Waals surface area contributed by atoms with Crippen molar-refractivity contribution >= 4 is 17.9 Å². The van der Waals surface area contributed by atoms with Crippen LogP contribution in [0.25, 0.3) is 0 Å². The van der Waals surface area contributed by atoms with Crippen LogP contribution in [-0.2, 0) is 14.3 Å². The van der Waals surface area contributed by atoms with Gasteiger partial charge in [0.2, 0.25) is 11.8 Å². The lowest BCUT2D eigenvalue weighted by atomic mass is 10.1. The predicted octanol–water partition coefficient (Wildman–Crippen LogP) is 1.23. The van der Waals surface area contributed by atoms with Crippen molar-refractivity contribution in [3.63, 3.8) is 0 Å². The summed E-state index contributed by atoms with van der Waals surface area (Å²) in [7, 11) is 0. The fraction of sp³-hybridized carbons (Fsp3) is 0.812. The van der Waals surface area contributed by atoms with Crippen LogP contribution in [0.4, 0.5) is 4.79 Å². The van der Waals surface area contributed by atoms with Crippen LogP contribution in [0.1, 0.15) is 40.5 Å². The highest BCUT2D eigenvalue weighted by molar-refractivity contribution is 5.84. The van der Waals surface area contributed by atoms with E-state index in [1.165, 1.54) is 6.92 Å². The van der Waals surface area contributed by atoms with Crippen LogP contribution < -0.4 is 5.32 Å². The zero-order valence-corrected chi connectivity index (χ0v) is 14.6. The van der Waals surface area contributed by atoms with E-state index < -0.39 is 0 Å². The molecule has 1 fully saturated rings. The van der Waals surface area contributed by atoms with Crippen molar-refractivity contribution in [1.82, 2.24) is 15.1 Å². The molecule has 1 heterocycles. The van der Waals surface area contributed by atoms with Crippen molar-refractivity contribution in [3.8, 4) is 0 Å². The third kappa shape index (κ3) is 6.88. The van der Waals surface area contributed by atoms with Crippen LogP contribution in [0.5, 0.6) is 0 Å². The first-order valence-electron chi connectivity index (χ1n) is 8.30. The standard InChI is InChI=1S/C16H29N3O4/c1-5-23-16(22)18-8-6-14(7-9-18)17-15(21)11-19(13(4)20)10-12(2)3/h12,14H,5-11H2,1-4H3,(H,17,21). The summed E-state index contributed by atoms with van der Waals surface area (Å²) in [5.41, 5.74) is 0. The van der Waals surface area contributed by atoms with Gasteiger partial charge in [0, 0.05) is 32.6 Å². The second kappa shape index (κ2) is 9.37. The Hall–Kier alpha value is -1.79. The number of ether oxygens (including phenoxy) is 1. The zero-order valence-electron chi connectivity index (χ0n) is 14.6. The minimum atomic E-state index is -0.294. The molecule has 1 N–H and O–H groups in total. The molecule has 23 heavy (non-hydrogen) atoms. The fourth-order valence-corrected chi connectivity index (χ4v) is 2.61. The quantitative estimate of drug-likeness (QED) is 0.796. The molecule has 0 aromatic rings. The van der Waals surface area contributed by atoms with E-state index in [1.54, 1.807) is 16.7 Å². The Kier molecular flexibility index (Phi) is 7.85. The SMILES string of the molecule is CCOC(=O)N1CCC(NC(=O)CN(CC(C)C)C(C)=O)CC1. The van der Waals surface area contributed by atoms with Crippen LogP contribution in [0.15, 0.2) is 0 Å². The molecule has 1 saturated heterocycles. The molecule has 0 spiro atoms. The average molecular weight is 327 g/mol. The van der Waals surface area contributed by atoms with Gasteiger partial charge in [0.25, 0.3) is 0 Å². The molecule has 0 aromatic heterocycles.